The first-order valence-corrected chi connectivity index (χ1v) is 11.0. The number of amides is 1. The summed E-state index contributed by atoms with van der Waals surface area (Å²) < 4.78 is 11.1. The molecule has 2 atom stereocenters. The first-order valence-electron chi connectivity index (χ1n) is 11.0. The van der Waals surface area contributed by atoms with Gasteiger partial charge in [-0.15, -0.1) is 0 Å². The Balaban J connectivity index is 1.41. The van der Waals surface area contributed by atoms with Gasteiger partial charge >= 0.3 is 0 Å². The number of benzene rings is 2. The SMILES string of the molecule is CCOc1cc(CN2CC[C@H]3[C@H](CCC(=O)N3Cc3ccccc3)C2)ccc1OC. The fourth-order valence-electron chi connectivity index (χ4n) is 4.90. The Kier molecular flexibility index (Phi) is 6.58. The van der Waals surface area contributed by atoms with Crippen LogP contribution in [0.15, 0.2) is 48.5 Å². The molecule has 2 heterocycles. The molecule has 30 heavy (non-hydrogen) atoms. The van der Waals surface area contributed by atoms with Crippen LogP contribution >= 0.6 is 0 Å². The lowest BCUT2D eigenvalue weighted by Crippen LogP contribution is -2.55. The summed E-state index contributed by atoms with van der Waals surface area (Å²) >= 11 is 0. The minimum Gasteiger partial charge on any atom is -0.493 e. The first-order chi connectivity index (χ1) is 14.7. The number of nitrogens with zero attached hydrogens (tertiary/aromatic N) is 2. The molecule has 5 heteroatoms. The highest BCUT2D eigenvalue weighted by Gasteiger charge is 2.39. The molecule has 160 valence electrons. The Morgan fingerprint density at radius 2 is 1.83 bits per heavy atom. The fraction of sp³-hybridized carbons (Fsp3) is 0.480. The Labute approximate surface area is 179 Å². The minimum absolute atomic E-state index is 0.310. The molecule has 2 aliphatic rings. The molecule has 2 aromatic carbocycles. The number of carbonyl (C=O) groups excluding carboxylic acids is 1. The highest BCUT2D eigenvalue weighted by Crippen LogP contribution is 2.34. The number of methoxy groups -OCH3 is 1. The van der Waals surface area contributed by atoms with Gasteiger partial charge in [-0.1, -0.05) is 36.4 Å². The molecule has 0 saturated carbocycles. The second-order valence-corrected chi connectivity index (χ2v) is 8.32. The third-order valence-corrected chi connectivity index (χ3v) is 6.36. The number of fused-ring (bicyclic) bond motifs is 1. The van der Waals surface area contributed by atoms with Gasteiger partial charge in [0.25, 0.3) is 0 Å². The Bertz CT molecular complexity index is 855. The molecule has 0 aliphatic carbocycles. The van der Waals surface area contributed by atoms with Gasteiger partial charge in [0.2, 0.25) is 5.91 Å². The van der Waals surface area contributed by atoms with Crippen molar-refractivity contribution in [1.82, 2.24) is 9.80 Å². The molecule has 0 spiro atoms. The van der Waals surface area contributed by atoms with Crippen molar-refractivity contribution in [2.75, 3.05) is 26.8 Å². The number of hydrogen-bond acceptors (Lipinski definition) is 4. The van der Waals surface area contributed by atoms with Gasteiger partial charge in [0.1, 0.15) is 0 Å². The first kappa shape index (κ1) is 20.7. The summed E-state index contributed by atoms with van der Waals surface area (Å²) in [6, 6.07) is 16.9. The van der Waals surface area contributed by atoms with Crippen molar-refractivity contribution < 1.29 is 14.3 Å². The van der Waals surface area contributed by atoms with Crippen molar-refractivity contribution in [3.63, 3.8) is 0 Å². The van der Waals surface area contributed by atoms with Crippen molar-refractivity contribution in [2.45, 2.75) is 45.3 Å². The molecule has 0 unspecified atom stereocenters. The second kappa shape index (κ2) is 9.52. The number of rotatable bonds is 7. The lowest BCUT2D eigenvalue weighted by molar-refractivity contribution is -0.142. The molecule has 2 aliphatic heterocycles. The lowest BCUT2D eigenvalue weighted by Gasteiger charge is -2.47. The maximum absolute atomic E-state index is 12.7. The number of carbonyl (C=O) groups is 1. The van der Waals surface area contributed by atoms with Crippen LogP contribution in [-0.2, 0) is 17.9 Å². The predicted octanol–water partition coefficient (Wildman–Crippen LogP) is 4.11. The maximum atomic E-state index is 12.7. The summed E-state index contributed by atoms with van der Waals surface area (Å²) in [5.41, 5.74) is 2.46. The van der Waals surface area contributed by atoms with E-state index in [0.717, 1.165) is 50.5 Å². The summed E-state index contributed by atoms with van der Waals surface area (Å²) in [4.78, 5) is 17.3. The number of ether oxygens (including phenoxy) is 2. The zero-order valence-electron chi connectivity index (χ0n) is 18.0. The topological polar surface area (TPSA) is 42.0 Å². The summed E-state index contributed by atoms with van der Waals surface area (Å²) in [6.07, 6.45) is 2.70. The van der Waals surface area contributed by atoms with Gasteiger partial charge in [0.05, 0.1) is 13.7 Å². The van der Waals surface area contributed by atoms with E-state index in [4.69, 9.17) is 9.47 Å². The van der Waals surface area contributed by atoms with Crippen molar-refractivity contribution in [1.29, 1.82) is 0 Å². The lowest BCUT2D eigenvalue weighted by atomic mass is 9.83. The van der Waals surface area contributed by atoms with Gasteiger partial charge in [-0.2, -0.15) is 0 Å². The van der Waals surface area contributed by atoms with Crippen molar-refractivity contribution in [2.24, 2.45) is 5.92 Å². The number of likely N-dealkylation sites (tertiary alicyclic amines) is 2. The van der Waals surface area contributed by atoms with Crippen LogP contribution in [0.25, 0.3) is 0 Å². The van der Waals surface area contributed by atoms with E-state index in [0.29, 0.717) is 30.9 Å². The Hall–Kier alpha value is -2.53. The molecule has 0 N–H and O–H groups in total. The zero-order chi connectivity index (χ0) is 20.9. The number of piperidine rings is 2. The van der Waals surface area contributed by atoms with Gasteiger partial charge < -0.3 is 14.4 Å². The quantitative estimate of drug-likeness (QED) is 0.692. The monoisotopic (exact) mass is 408 g/mol. The van der Waals surface area contributed by atoms with Gasteiger partial charge in [0, 0.05) is 38.6 Å². The van der Waals surface area contributed by atoms with Crippen LogP contribution in [0.3, 0.4) is 0 Å². The van der Waals surface area contributed by atoms with Crippen molar-refractivity contribution in [3.05, 3.63) is 59.7 Å². The van der Waals surface area contributed by atoms with Crippen molar-refractivity contribution in [3.8, 4) is 11.5 Å². The third-order valence-electron chi connectivity index (χ3n) is 6.36. The molecular weight excluding hydrogens is 376 g/mol. The molecular formula is C25H32N2O3. The number of hydrogen-bond donors (Lipinski definition) is 0. The van der Waals surface area contributed by atoms with E-state index in [1.54, 1.807) is 7.11 Å². The molecule has 0 bridgehead atoms. The van der Waals surface area contributed by atoms with E-state index in [2.05, 4.69) is 46.2 Å². The summed E-state index contributed by atoms with van der Waals surface area (Å²) in [5, 5.41) is 0. The van der Waals surface area contributed by atoms with Gasteiger partial charge in [-0.05, 0) is 48.9 Å². The maximum Gasteiger partial charge on any atom is 0.223 e. The summed E-state index contributed by atoms with van der Waals surface area (Å²) in [5.74, 6) is 2.45. The van der Waals surface area contributed by atoms with Crippen LogP contribution in [0.2, 0.25) is 0 Å². The van der Waals surface area contributed by atoms with E-state index >= 15 is 0 Å². The molecule has 2 aromatic rings. The van der Waals surface area contributed by atoms with Crippen LogP contribution in [0.4, 0.5) is 0 Å². The Morgan fingerprint density at radius 1 is 1.00 bits per heavy atom. The van der Waals surface area contributed by atoms with Crippen LogP contribution in [0.5, 0.6) is 11.5 Å². The zero-order valence-corrected chi connectivity index (χ0v) is 18.0. The van der Waals surface area contributed by atoms with E-state index < -0.39 is 0 Å². The second-order valence-electron chi connectivity index (χ2n) is 8.32. The fourth-order valence-corrected chi connectivity index (χ4v) is 4.90. The highest BCUT2D eigenvalue weighted by atomic mass is 16.5. The van der Waals surface area contributed by atoms with Crippen LogP contribution in [0.1, 0.15) is 37.3 Å². The summed E-state index contributed by atoms with van der Waals surface area (Å²) in [7, 11) is 1.67. The molecule has 4 rings (SSSR count). The van der Waals surface area contributed by atoms with Crippen LogP contribution in [0, 0.1) is 5.92 Å². The van der Waals surface area contributed by atoms with Gasteiger partial charge in [0.15, 0.2) is 11.5 Å². The molecule has 2 fully saturated rings. The average molecular weight is 409 g/mol. The van der Waals surface area contributed by atoms with E-state index in [9.17, 15) is 4.79 Å². The highest BCUT2D eigenvalue weighted by molar-refractivity contribution is 5.77. The van der Waals surface area contributed by atoms with Crippen molar-refractivity contribution >= 4 is 5.91 Å². The molecule has 2 saturated heterocycles. The van der Waals surface area contributed by atoms with E-state index in [1.807, 2.05) is 19.1 Å². The standard InChI is InChI=1S/C25H32N2O3/c1-3-30-24-15-20(9-11-23(24)29-2)16-26-14-13-22-21(18-26)10-12-25(28)27(22)17-19-7-5-4-6-8-19/h4-9,11,15,21-22H,3,10,12-14,16-18H2,1-2H3/t21-,22+/m1/s1. The molecule has 0 aromatic heterocycles. The van der Waals surface area contributed by atoms with Gasteiger partial charge in [-0.3, -0.25) is 9.69 Å². The summed E-state index contributed by atoms with van der Waals surface area (Å²) in [6.45, 7) is 6.30. The van der Waals surface area contributed by atoms with E-state index in [1.165, 1.54) is 11.1 Å². The average Bonchev–Trinajstić information content (AvgIpc) is 2.77. The Morgan fingerprint density at radius 3 is 2.60 bits per heavy atom. The predicted molar refractivity (Wildman–Crippen MR) is 118 cm³/mol. The van der Waals surface area contributed by atoms with Gasteiger partial charge in [-0.25, -0.2) is 0 Å². The molecule has 0 radical (unpaired) electrons. The smallest absolute Gasteiger partial charge is 0.223 e. The van der Waals surface area contributed by atoms with Crippen LogP contribution < -0.4 is 9.47 Å². The largest absolute Gasteiger partial charge is 0.493 e. The molecule has 1 amide bonds. The van der Waals surface area contributed by atoms with E-state index in [-0.39, 0.29) is 0 Å². The normalized spacial score (nSPS) is 21.9. The minimum atomic E-state index is 0.310. The third kappa shape index (κ3) is 4.62. The van der Waals surface area contributed by atoms with Crippen LogP contribution in [-0.4, -0.2) is 48.6 Å². The molecule has 5 nitrogen and oxygen atoms in total.